The van der Waals surface area contributed by atoms with E-state index in [1.54, 1.807) is 19.1 Å². The van der Waals surface area contributed by atoms with Crippen LogP contribution in [0, 0.1) is 13.8 Å². The molecule has 0 saturated carbocycles. The first-order chi connectivity index (χ1) is 9.40. The molecule has 0 amide bonds. The van der Waals surface area contributed by atoms with Crippen LogP contribution in [0.15, 0.2) is 17.0 Å². The van der Waals surface area contributed by atoms with Crippen molar-refractivity contribution in [1.82, 2.24) is 4.72 Å². The topological polar surface area (TPSA) is 90.7 Å². The van der Waals surface area contributed by atoms with E-state index in [1.165, 1.54) is 0 Å². The largest absolute Gasteiger partial charge is 0.398 e. The number of rotatable bonds is 4. The Morgan fingerprint density at radius 1 is 1.35 bits per heavy atom. The Bertz CT molecular complexity index is 580. The molecular weight excluding hydrogens is 280 g/mol. The third-order valence-electron chi connectivity index (χ3n) is 3.22. The van der Waals surface area contributed by atoms with Crippen molar-refractivity contribution in [2.24, 2.45) is 0 Å². The highest BCUT2D eigenvalue weighted by Crippen LogP contribution is 2.22. The van der Waals surface area contributed by atoms with E-state index in [-0.39, 0.29) is 17.5 Å². The second kappa shape index (κ2) is 6.09. The molecule has 1 heterocycles. The number of sulfonamides is 1. The number of benzene rings is 1. The molecule has 0 bridgehead atoms. The average molecular weight is 300 g/mol. The number of nitrogens with two attached hydrogens (primary N) is 1. The van der Waals surface area contributed by atoms with Gasteiger partial charge in [-0.2, -0.15) is 0 Å². The van der Waals surface area contributed by atoms with Gasteiger partial charge in [0.1, 0.15) is 0 Å². The van der Waals surface area contributed by atoms with E-state index in [0.29, 0.717) is 31.1 Å². The zero-order chi connectivity index (χ0) is 14.8. The number of hydrogen-bond acceptors (Lipinski definition) is 5. The molecule has 0 spiro atoms. The summed E-state index contributed by atoms with van der Waals surface area (Å²) in [5, 5.41) is 0. The second-order valence-electron chi connectivity index (χ2n) is 4.90. The molecule has 1 aromatic carbocycles. The van der Waals surface area contributed by atoms with Crippen LogP contribution in [0.4, 0.5) is 5.69 Å². The van der Waals surface area contributed by atoms with Crippen molar-refractivity contribution in [3.8, 4) is 0 Å². The monoisotopic (exact) mass is 300 g/mol. The fourth-order valence-electron chi connectivity index (χ4n) is 2.07. The van der Waals surface area contributed by atoms with Gasteiger partial charge in [-0.25, -0.2) is 13.1 Å². The summed E-state index contributed by atoms with van der Waals surface area (Å²) in [6, 6.07) is 3.37. The van der Waals surface area contributed by atoms with Gasteiger partial charge in [0.05, 0.1) is 30.8 Å². The van der Waals surface area contributed by atoms with Gasteiger partial charge in [0, 0.05) is 12.2 Å². The number of nitrogen functional groups attached to an aromatic ring is 1. The Balaban J connectivity index is 2.14. The van der Waals surface area contributed by atoms with Gasteiger partial charge >= 0.3 is 0 Å². The van der Waals surface area contributed by atoms with Crippen LogP contribution < -0.4 is 10.5 Å². The third-order valence-corrected chi connectivity index (χ3v) is 4.77. The zero-order valence-electron chi connectivity index (χ0n) is 11.7. The molecule has 0 aromatic heterocycles. The van der Waals surface area contributed by atoms with Gasteiger partial charge in [-0.3, -0.25) is 0 Å². The summed E-state index contributed by atoms with van der Waals surface area (Å²) in [5.74, 6) is 0. The van der Waals surface area contributed by atoms with Crippen molar-refractivity contribution < 1.29 is 17.9 Å². The van der Waals surface area contributed by atoms with E-state index >= 15 is 0 Å². The van der Waals surface area contributed by atoms with Crippen LogP contribution in [-0.4, -0.2) is 40.9 Å². The molecular formula is C13H20N2O4S. The Labute approximate surface area is 119 Å². The van der Waals surface area contributed by atoms with Gasteiger partial charge in [0.15, 0.2) is 0 Å². The minimum absolute atomic E-state index is 0.190. The molecule has 0 radical (unpaired) electrons. The lowest BCUT2D eigenvalue weighted by atomic mass is 10.1. The number of hydrogen-bond donors (Lipinski definition) is 2. The Kier molecular flexibility index (Phi) is 4.64. The zero-order valence-corrected chi connectivity index (χ0v) is 12.5. The van der Waals surface area contributed by atoms with Crippen LogP contribution >= 0.6 is 0 Å². The Morgan fingerprint density at radius 2 is 2.10 bits per heavy atom. The molecule has 6 nitrogen and oxygen atoms in total. The minimum atomic E-state index is -3.60. The van der Waals surface area contributed by atoms with Gasteiger partial charge < -0.3 is 15.2 Å². The smallest absolute Gasteiger partial charge is 0.241 e. The van der Waals surface area contributed by atoms with E-state index in [4.69, 9.17) is 15.2 Å². The lowest BCUT2D eigenvalue weighted by molar-refractivity contribution is -0.0846. The molecule has 7 heteroatoms. The van der Waals surface area contributed by atoms with E-state index in [1.807, 2.05) is 6.92 Å². The highest BCUT2D eigenvalue weighted by Gasteiger charge is 2.22. The van der Waals surface area contributed by atoms with E-state index in [0.717, 1.165) is 5.56 Å². The SMILES string of the molecule is Cc1cc(N)c(C)c(S(=O)(=O)NCC2COCCO2)c1. The highest BCUT2D eigenvalue weighted by atomic mass is 32.2. The van der Waals surface area contributed by atoms with Crippen molar-refractivity contribution in [3.63, 3.8) is 0 Å². The fraction of sp³-hybridized carbons (Fsp3) is 0.538. The number of nitrogens with one attached hydrogen (secondary N) is 1. The van der Waals surface area contributed by atoms with Crippen LogP contribution in [0.25, 0.3) is 0 Å². The molecule has 3 N–H and O–H groups in total. The van der Waals surface area contributed by atoms with Gasteiger partial charge in [0.25, 0.3) is 0 Å². The summed E-state index contributed by atoms with van der Waals surface area (Å²) in [6.45, 7) is 5.14. The molecule has 1 fully saturated rings. The Morgan fingerprint density at radius 3 is 2.75 bits per heavy atom. The van der Waals surface area contributed by atoms with Crippen molar-refractivity contribution in [2.75, 3.05) is 32.1 Å². The maximum atomic E-state index is 12.3. The second-order valence-corrected chi connectivity index (χ2v) is 6.63. The molecule has 1 unspecified atom stereocenters. The maximum absolute atomic E-state index is 12.3. The van der Waals surface area contributed by atoms with Crippen LogP contribution in [0.1, 0.15) is 11.1 Å². The summed E-state index contributed by atoms with van der Waals surface area (Å²) in [4.78, 5) is 0.215. The predicted molar refractivity (Wildman–Crippen MR) is 76.1 cm³/mol. The minimum Gasteiger partial charge on any atom is -0.398 e. The summed E-state index contributed by atoms with van der Waals surface area (Å²) in [7, 11) is -3.60. The average Bonchev–Trinajstić information content (AvgIpc) is 2.42. The van der Waals surface area contributed by atoms with Crippen LogP contribution in [0.3, 0.4) is 0 Å². The molecule has 112 valence electrons. The lowest BCUT2D eigenvalue weighted by Gasteiger charge is -2.23. The summed E-state index contributed by atoms with van der Waals surface area (Å²) in [5.41, 5.74) is 7.66. The Hall–Kier alpha value is -1.15. The number of anilines is 1. The van der Waals surface area contributed by atoms with Crippen LogP contribution in [0.5, 0.6) is 0 Å². The molecule has 1 atom stereocenters. The standard InChI is InChI=1S/C13H20N2O4S/c1-9-5-12(14)10(2)13(6-9)20(16,17)15-7-11-8-18-3-4-19-11/h5-6,11,15H,3-4,7-8,14H2,1-2H3. The van der Waals surface area contributed by atoms with Crippen molar-refractivity contribution in [1.29, 1.82) is 0 Å². The molecule has 2 rings (SSSR count). The van der Waals surface area contributed by atoms with Gasteiger partial charge in [-0.1, -0.05) is 0 Å². The van der Waals surface area contributed by atoms with Crippen molar-refractivity contribution in [3.05, 3.63) is 23.3 Å². The highest BCUT2D eigenvalue weighted by molar-refractivity contribution is 7.89. The molecule has 1 aromatic rings. The summed E-state index contributed by atoms with van der Waals surface area (Å²) >= 11 is 0. The molecule has 0 aliphatic carbocycles. The summed E-state index contributed by atoms with van der Waals surface area (Å²) in [6.07, 6.45) is -0.249. The third kappa shape index (κ3) is 3.49. The van der Waals surface area contributed by atoms with Crippen LogP contribution in [0.2, 0.25) is 0 Å². The van der Waals surface area contributed by atoms with E-state index in [2.05, 4.69) is 4.72 Å². The molecule has 20 heavy (non-hydrogen) atoms. The lowest BCUT2D eigenvalue weighted by Crippen LogP contribution is -2.39. The maximum Gasteiger partial charge on any atom is 0.241 e. The first-order valence-corrected chi connectivity index (χ1v) is 7.94. The normalized spacial score (nSPS) is 20.0. The summed E-state index contributed by atoms with van der Waals surface area (Å²) < 4.78 is 37.9. The van der Waals surface area contributed by atoms with Crippen molar-refractivity contribution in [2.45, 2.75) is 24.8 Å². The molecule has 1 saturated heterocycles. The van der Waals surface area contributed by atoms with Gasteiger partial charge in [-0.15, -0.1) is 0 Å². The molecule has 1 aliphatic heterocycles. The van der Waals surface area contributed by atoms with Crippen LogP contribution in [-0.2, 0) is 19.5 Å². The predicted octanol–water partition coefficient (Wildman–Crippen LogP) is 0.579. The first kappa shape index (κ1) is 15.2. The first-order valence-electron chi connectivity index (χ1n) is 6.46. The van der Waals surface area contributed by atoms with Gasteiger partial charge in [0.2, 0.25) is 10.0 Å². The molecule has 1 aliphatic rings. The number of ether oxygens (including phenoxy) is 2. The van der Waals surface area contributed by atoms with Crippen molar-refractivity contribution >= 4 is 15.7 Å². The van der Waals surface area contributed by atoms with Gasteiger partial charge in [-0.05, 0) is 37.1 Å². The number of aryl methyl sites for hydroxylation is 1. The van der Waals surface area contributed by atoms with E-state index < -0.39 is 10.0 Å². The fourth-order valence-corrected chi connectivity index (χ4v) is 3.49. The van der Waals surface area contributed by atoms with E-state index in [9.17, 15) is 8.42 Å². The quantitative estimate of drug-likeness (QED) is 0.794.